The molecule has 0 bridgehead atoms. The van der Waals surface area contributed by atoms with E-state index in [2.05, 4.69) is 11.4 Å². The van der Waals surface area contributed by atoms with Crippen molar-refractivity contribution in [2.75, 3.05) is 18.1 Å². The van der Waals surface area contributed by atoms with Crippen molar-refractivity contribution in [3.8, 4) is 6.07 Å². The predicted molar refractivity (Wildman–Crippen MR) is 67.8 cm³/mol. The van der Waals surface area contributed by atoms with E-state index in [9.17, 15) is 4.21 Å². The molecule has 1 aromatic rings. The minimum atomic E-state index is -0.767. The predicted octanol–water partition coefficient (Wildman–Crippen LogP) is 2.13. The van der Waals surface area contributed by atoms with Gasteiger partial charge in [-0.2, -0.15) is 5.26 Å². The van der Waals surface area contributed by atoms with Crippen molar-refractivity contribution in [3.63, 3.8) is 0 Å². The highest BCUT2D eigenvalue weighted by Gasteiger charge is 2.04. The molecule has 0 spiro atoms. The lowest BCUT2D eigenvalue weighted by molar-refractivity contribution is 0.672. The molecule has 4 heteroatoms. The normalized spacial score (nSPS) is 13.8. The first-order valence-corrected chi connectivity index (χ1v) is 6.82. The molecule has 1 N–H and O–H groups in total. The van der Waals surface area contributed by atoms with Crippen LogP contribution in [0.2, 0.25) is 0 Å². The highest BCUT2D eigenvalue weighted by molar-refractivity contribution is 7.84. The maximum Gasteiger partial charge on any atom is 0.0992 e. The monoisotopic (exact) mass is 236 g/mol. The molecule has 2 unspecified atom stereocenters. The molecular weight excluding hydrogens is 220 g/mol. The third kappa shape index (κ3) is 4.03. The number of anilines is 1. The Balaban J connectivity index is 2.43. The Morgan fingerprint density at radius 2 is 2.31 bits per heavy atom. The molecule has 0 aliphatic carbocycles. The summed E-state index contributed by atoms with van der Waals surface area (Å²) in [5.74, 6) is 0. The van der Waals surface area contributed by atoms with Crippen LogP contribution in [0.15, 0.2) is 24.3 Å². The van der Waals surface area contributed by atoms with Gasteiger partial charge in [0, 0.05) is 34.5 Å². The number of nitrogens with one attached hydrogen (secondary N) is 1. The number of nitrogens with zero attached hydrogens (tertiary/aromatic N) is 1. The minimum absolute atomic E-state index is 0.201. The number of rotatable bonds is 5. The van der Waals surface area contributed by atoms with Crippen molar-refractivity contribution >= 4 is 16.5 Å². The fourth-order valence-electron chi connectivity index (χ4n) is 1.28. The summed E-state index contributed by atoms with van der Waals surface area (Å²) in [6, 6.07) is 9.46. The standard InChI is InChI=1S/C12H16N2OS/c1-10(16(2)15)6-7-14-12-5-3-4-11(8-12)9-13/h3-5,8,10,14H,6-7H2,1-2H3. The smallest absolute Gasteiger partial charge is 0.0992 e. The maximum atomic E-state index is 11.1. The average Bonchev–Trinajstić information content (AvgIpc) is 2.29. The summed E-state index contributed by atoms with van der Waals surface area (Å²) in [5, 5.41) is 12.2. The van der Waals surface area contributed by atoms with Gasteiger partial charge in [0.25, 0.3) is 0 Å². The second-order valence-corrected chi connectivity index (χ2v) is 5.52. The van der Waals surface area contributed by atoms with Crippen molar-refractivity contribution in [2.45, 2.75) is 18.6 Å². The van der Waals surface area contributed by atoms with Gasteiger partial charge in [-0.1, -0.05) is 13.0 Å². The zero-order valence-electron chi connectivity index (χ0n) is 9.56. The van der Waals surface area contributed by atoms with E-state index in [4.69, 9.17) is 5.26 Å². The Labute approximate surface area is 98.9 Å². The number of nitriles is 1. The average molecular weight is 236 g/mol. The molecule has 0 aliphatic rings. The van der Waals surface area contributed by atoms with Crippen LogP contribution in [0, 0.1) is 11.3 Å². The molecular formula is C12H16N2OS. The Hall–Kier alpha value is -1.34. The summed E-state index contributed by atoms with van der Waals surface area (Å²) in [5.41, 5.74) is 1.59. The van der Waals surface area contributed by atoms with Crippen LogP contribution in [-0.2, 0) is 10.8 Å². The molecule has 0 aliphatic heterocycles. The van der Waals surface area contributed by atoms with E-state index in [0.29, 0.717) is 5.56 Å². The Morgan fingerprint density at radius 1 is 1.56 bits per heavy atom. The molecule has 1 rings (SSSR count). The summed E-state index contributed by atoms with van der Waals surface area (Å²) in [4.78, 5) is 0. The molecule has 0 aromatic heterocycles. The van der Waals surface area contributed by atoms with Crippen molar-refractivity contribution in [2.24, 2.45) is 0 Å². The van der Waals surface area contributed by atoms with Crippen LogP contribution in [0.3, 0.4) is 0 Å². The van der Waals surface area contributed by atoms with E-state index < -0.39 is 10.8 Å². The van der Waals surface area contributed by atoms with E-state index in [1.807, 2.05) is 25.1 Å². The molecule has 0 saturated carbocycles. The first-order valence-electron chi connectivity index (χ1n) is 5.19. The number of hydrogen-bond acceptors (Lipinski definition) is 3. The van der Waals surface area contributed by atoms with Crippen LogP contribution in [0.1, 0.15) is 18.9 Å². The van der Waals surface area contributed by atoms with Gasteiger partial charge >= 0.3 is 0 Å². The Bertz CT molecular complexity index is 412. The summed E-state index contributed by atoms with van der Waals surface area (Å²) >= 11 is 0. The highest BCUT2D eigenvalue weighted by Crippen LogP contribution is 2.10. The first-order chi connectivity index (χ1) is 7.63. The lowest BCUT2D eigenvalue weighted by Gasteiger charge is -2.10. The molecule has 0 amide bonds. The Morgan fingerprint density at radius 3 is 2.94 bits per heavy atom. The van der Waals surface area contributed by atoms with E-state index in [1.165, 1.54) is 0 Å². The van der Waals surface area contributed by atoms with Gasteiger partial charge < -0.3 is 5.32 Å². The topological polar surface area (TPSA) is 52.9 Å². The van der Waals surface area contributed by atoms with Gasteiger partial charge in [0.2, 0.25) is 0 Å². The van der Waals surface area contributed by atoms with Crippen LogP contribution in [0.5, 0.6) is 0 Å². The van der Waals surface area contributed by atoms with Gasteiger partial charge in [0.05, 0.1) is 11.6 Å². The molecule has 0 heterocycles. The molecule has 1 aromatic carbocycles. The van der Waals surface area contributed by atoms with Gasteiger partial charge in [-0.3, -0.25) is 4.21 Å². The van der Waals surface area contributed by atoms with Crippen LogP contribution < -0.4 is 5.32 Å². The molecule has 86 valence electrons. The summed E-state index contributed by atoms with van der Waals surface area (Å²) in [6.07, 6.45) is 2.58. The fourth-order valence-corrected chi connectivity index (χ4v) is 1.73. The summed E-state index contributed by atoms with van der Waals surface area (Å²) in [7, 11) is -0.767. The van der Waals surface area contributed by atoms with Gasteiger partial charge in [0.15, 0.2) is 0 Å². The van der Waals surface area contributed by atoms with Crippen molar-refractivity contribution in [1.82, 2.24) is 0 Å². The van der Waals surface area contributed by atoms with Gasteiger partial charge in [0.1, 0.15) is 0 Å². The van der Waals surface area contributed by atoms with E-state index >= 15 is 0 Å². The van der Waals surface area contributed by atoms with E-state index in [0.717, 1.165) is 18.7 Å². The van der Waals surface area contributed by atoms with E-state index in [-0.39, 0.29) is 5.25 Å². The lowest BCUT2D eigenvalue weighted by Crippen LogP contribution is -2.14. The van der Waals surface area contributed by atoms with Gasteiger partial charge in [-0.05, 0) is 24.6 Å². The molecule has 0 saturated heterocycles. The summed E-state index contributed by atoms with van der Waals surface area (Å²) < 4.78 is 11.1. The number of hydrogen-bond donors (Lipinski definition) is 1. The van der Waals surface area contributed by atoms with Gasteiger partial charge in [-0.15, -0.1) is 0 Å². The van der Waals surface area contributed by atoms with E-state index in [1.54, 1.807) is 12.3 Å². The largest absolute Gasteiger partial charge is 0.385 e. The van der Waals surface area contributed by atoms with Crippen molar-refractivity contribution in [1.29, 1.82) is 5.26 Å². The lowest BCUT2D eigenvalue weighted by atomic mass is 10.2. The molecule has 0 radical (unpaired) electrons. The second kappa shape index (κ2) is 6.29. The third-order valence-corrected chi connectivity index (χ3v) is 3.81. The molecule has 2 atom stereocenters. The first kappa shape index (κ1) is 12.7. The van der Waals surface area contributed by atoms with Crippen LogP contribution in [-0.4, -0.2) is 22.3 Å². The SMILES string of the molecule is CC(CCNc1cccc(C#N)c1)S(C)=O. The summed E-state index contributed by atoms with van der Waals surface area (Å²) in [6.45, 7) is 2.75. The minimum Gasteiger partial charge on any atom is -0.385 e. The Kier molecular flexibility index (Phi) is 5.00. The molecule has 16 heavy (non-hydrogen) atoms. The van der Waals surface area contributed by atoms with Crippen molar-refractivity contribution < 1.29 is 4.21 Å². The zero-order chi connectivity index (χ0) is 12.0. The maximum absolute atomic E-state index is 11.1. The van der Waals surface area contributed by atoms with Crippen molar-refractivity contribution in [3.05, 3.63) is 29.8 Å². The fraction of sp³-hybridized carbons (Fsp3) is 0.417. The molecule has 3 nitrogen and oxygen atoms in total. The van der Waals surface area contributed by atoms with Crippen LogP contribution in [0.4, 0.5) is 5.69 Å². The molecule has 0 fully saturated rings. The van der Waals surface area contributed by atoms with Crippen LogP contribution in [0.25, 0.3) is 0 Å². The highest BCUT2D eigenvalue weighted by atomic mass is 32.2. The second-order valence-electron chi connectivity index (χ2n) is 3.72. The van der Waals surface area contributed by atoms with Crippen LogP contribution >= 0.6 is 0 Å². The zero-order valence-corrected chi connectivity index (χ0v) is 10.4. The van der Waals surface area contributed by atoms with Gasteiger partial charge in [-0.25, -0.2) is 0 Å². The third-order valence-electron chi connectivity index (χ3n) is 2.44. The quantitative estimate of drug-likeness (QED) is 0.852. The number of benzene rings is 1.